The molecule has 2 saturated heterocycles. The van der Waals surface area contributed by atoms with Gasteiger partial charge in [-0.15, -0.1) is 11.8 Å². The van der Waals surface area contributed by atoms with E-state index >= 15 is 0 Å². The molecule has 1 unspecified atom stereocenters. The smallest absolute Gasteiger partial charge is 0.303 e. The molecule has 0 saturated carbocycles. The number of likely N-dealkylation sites (tertiary alicyclic amines) is 1. The van der Waals surface area contributed by atoms with Crippen molar-refractivity contribution in [1.82, 2.24) is 10.2 Å². The first kappa shape index (κ1) is 13.7. The number of thioether (sulfide) groups is 1. The molecule has 2 aliphatic heterocycles. The van der Waals surface area contributed by atoms with Gasteiger partial charge in [-0.1, -0.05) is 0 Å². The first-order valence-electron chi connectivity index (χ1n) is 6.48. The maximum atomic E-state index is 12.1. The van der Waals surface area contributed by atoms with Gasteiger partial charge in [0.15, 0.2) is 0 Å². The lowest BCUT2D eigenvalue weighted by molar-refractivity contribution is -0.138. The fraction of sp³-hybridized carbons (Fsp3) is 0.833. The van der Waals surface area contributed by atoms with Gasteiger partial charge in [-0.2, -0.15) is 0 Å². The zero-order valence-corrected chi connectivity index (χ0v) is 11.2. The van der Waals surface area contributed by atoms with Crippen LogP contribution < -0.4 is 5.32 Å². The van der Waals surface area contributed by atoms with Gasteiger partial charge >= 0.3 is 5.97 Å². The lowest BCUT2D eigenvalue weighted by Crippen LogP contribution is -2.48. The Hall–Kier alpha value is -0.750. The normalized spacial score (nSPS) is 25.3. The Bertz CT molecular complexity index is 310. The van der Waals surface area contributed by atoms with E-state index in [1.165, 1.54) is 0 Å². The SMILES string of the molecule is O=C(O)CCC1CCN(C(=O)C2CSCN2)CC1. The zero-order valence-electron chi connectivity index (χ0n) is 10.4. The third kappa shape index (κ3) is 3.62. The zero-order chi connectivity index (χ0) is 13.0. The summed E-state index contributed by atoms with van der Waals surface area (Å²) in [6, 6.07) is -0.00873. The predicted molar refractivity (Wildman–Crippen MR) is 70.4 cm³/mol. The number of amides is 1. The van der Waals surface area contributed by atoms with Crippen molar-refractivity contribution < 1.29 is 14.7 Å². The third-order valence-corrected chi connectivity index (χ3v) is 4.65. The number of carboxylic acid groups (broad SMARTS) is 1. The molecule has 6 heteroatoms. The molecule has 1 atom stereocenters. The highest BCUT2D eigenvalue weighted by Crippen LogP contribution is 2.23. The Morgan fingerprint density at radius 2 is 2.06 bits per heavy atom. The lowest BCUT2D eigenvalue weighted by Gasteiger charge is -2.33. The van der Waals surface area contributed by atoms with Crippen LogP contribution >= 0.6 is 11.8 Å². The first-order chi connectivity index (χ1) is 8.66. The van der Waals surface area contributed by atoms with Crippen LogP contribution in [0.25, 0.3) is 0 Å². The number of hydrogen-bond donors (Lipinski definition) is 2. The van der Waals surface area contributed by atoms with E-state index in [9.17, 15) is 9.59 Å². The molecular weight excluding hydrogens is 252 g/mol. The third-order valence-electron chi connectivity index (χ3n) is 3.71. The Morgan fingerprint density at radius 1 is 1.33 bits per heavy atom. The maximum absolute atomic E-state index is 12.1. The van der Waals surface area contributed by atoms with Gasteiger partial charge in [-0.05, 0) is 25.2 Å². The van der Waals surface area contributed by atoms with E-state index in [1.807, 2.05) is 4.90 Å². The maximum Gasteiger partial charge on any atom is 0.303 e. The quantitative estimate of drug-likeness (QED) is 0.790. The molecule has 0 aliphatic carbocycles. The molecule has 0 aromatic heterocycles. The van der Waals surface area contributed by atoms with Gasteiger partial charge in [0.25, 0.3) is 0 Å². The summed E-state index contributed by atoms with van der Waals surface area (Å²) in [5.41, 5.74) is 0. The summed E-state index contributed by atoms with van der Waals surface area (Å²) in [7, 11) is 0. The Labute approximate surface area is 111 Å². The largest absolute Gasteiger partial charge is 0.481 e. The number of hydrogen-bond acceptors (Lipinski definition) is 4. The molecule has 2 heterocycles. The summed E-state index contributed by atoms with van der Waals surface area (Å²) in [6.07, 6.45) is 2.88. The molecule has 0 aromatic rings. The van der Waals surface area contributed by atoms with Crippen LogP contribution in [0.15, 0.2) is 0 Å². The monoisotopic (exact) mass is 272 g/mol. The second kappa shape index (κ2) is 6.43. The van der Waals surface area contributed by atoms with Gasteiger partial charge < -0.3 is 10.0 Å². The van der Waals surface area contributed by atoms with Crippen molar-refractivity contribution in [2.45, 2.75) is 31.7 Å². The second-order valence-corrected chi connectivity index (χ2v) is 6.00. The number of nitrogens with one attached hydrogen (secondary N) is 1. The minimum absolute atomic E-state index is 0.00873. The molecule has 1 amide bonds. The minimum atomic E-state index is -0.722. The molecule has 18 heavy (non-hydrogen) atoms. The van der Waals surface area contributed by atoms with Crippen molar-refractivity contribution in [3.8, 4) is 0 Å². The highest BCUT2D eigenvalue weighted by atomic mass is 32.2. The van der Waals surface area contributed by atoms with Crippen LogP contribution in [-0.2, 0) is 9.59 Å². The van der Waals surface area contributed by atoms with E-state index in [4.69, 9.17) is 5.11 Å². The number of carboxylic acids is 1. The molecule has 0 radical (unpaired) electrons. The van der Waals surface area contributed by atoms with Gasteiger partial charge in [0.05, 0.1) is 6.04 Å². The van der Waals surface area contributed by atoms with Gasteiger partial charge in [0.2, 0.25) is 5.91 Å². The number of nitrogens with zero attached hydrogens (tertiary/aromatic N) is 1. The highest BCUT2D eigenvalue weighted by Gasteiger charge is 2.30. The van der Waals surface area contributed by atoms with Gasteiger partial charge in [-0.25, -0.2) is 0 Å². The first-order valence-corrected chi connectivity index (χ1v) is 7.64. The van der Waals surface area contributed by atoms with Crippen molar-refractivity contribution >= 4 is 23.6 Å². The van der Waals surface area contributed by atoms with Crippen LogP contribution in [0.3, 0.4) is 0 Å². The summed E-state index contributed by atoms with van der Waals surface area (Å²) >= 11 is 1.76. The molecule has 0 aromatic carbocycles. The molecule has 2 N–H and O–H groups in total. The fourth-order valence-corrected chi connectivity index (χ4v) is 3.48. The summed E-state index contributed by atoms with van der Waals surface area (Å²) < 4.78 is 0. The van der Waals surface area contributed by atoms with Gasteiger partial charge in [-0.3, -0.25) is 14.9 Å². The molecule has 0 bridgehead atoms. The summed E-state index contributed by atoms with van der Waals surface area (Å²) in [5.74, 6) is 1.71. The van der Waals surface area contributed by atoms with Crippen molar-refractivity contribution in [3.05, 3.63) is 0 Å². The molecule has 2 aliphatic rings. The molecule has 0 spiro atoms. The van der Waals surface area contributed by atoms with Crippen molar-refractivity contribution in [1.29, 1.82) is 0 Å². The van der Waals surface area contributed by atoms with Crippen LogP contribution in [0.4, 0.5) is 0 Å². The number of carbonyl (C=O) groups excluding carboxylic acids is 1. The minimum Gasteiger partial charge on any atom is -0.481 e. The van der Waals surface area contributed by atoms with Crippen molar-refractivity contribution in [2.24, 2.45) is 5.92 Å². The average Bonchev–Trinajstić information content (AvgIpc) is 2.90. The molecule has 2 rings (SSSR count). The van der Waals surface area contributed by atoms with Crippen molar-refractivity contribution in [2.75, 3.05) is 24.7 Å². The Balaban J connectivity index is 1.72. The Kier molecular flexibility index (Phi) is 4.88. The van der Waals surface area contributed by atoms with Crippen LogP contribution in [0.5, 0.6) is 0 Å². The second-order valence-electron chi connectivity index (χ2n) is 4.97. The molecule has 102 valence electrons. The van der Waals surface area contributed by atoms with Crippen LogP contribution in [-0.4, -0.2) is 52.6 Å². The summed E-state index contributed by atoms with van der Waals surface area (Å²) in [4.78, 5) is 24.6. The van der Waals surface area contributed by atoms with E-state index < -0.39 is 5.97 Å². The number of piperidine rings is 1. The van der Waals surface area contributed by atoms with E-state index in [0.717, 1.165) is 44.0 Å². The van der Waals surface area contributed by atoms with Crippen LogP contribution in [0.1, 0.15) is 25.7 Å². The van der Waals surface area contributed by atoms with Gasteiger partial charge in [0, 0.05) is 31.1 Å². The fourth-order valence-electron chi connectivity index (χ4n) is 2.54. The number of aliphatic carboxylic acids is 1. The van der Waals surface area contributed by atoms with Crippen LogP contribution in [0, 0.1) is 5.92 Å². The predicted octanol–water partition coefficient (Wildman–Crippen LogP) is 0.752. The van der Waals surface area contributed by atoms with Crippen LogP contribution in [0.2, 0.25) is 0 Å². The molecular formula is C12H20N2O3S. The van der Waals surface area contributed by atoms with E-state index in [1.54, 1.807) is 11.8 Å². The average molecular weight is 272 g/mol. The Morgan fingerprint density at radius 3 is 2.61 bits per heavy atom. The van der Waals surface area contributed by atoms with E-state index in [2.05, 4.69) is 5.32 Å². The topological polar surface area (TPSA) is 69.6 Å². The standard InChI is InChI=1S/C12H20N2O3S/c15-11(16)2-1-9-3-5-14(6-4-9)12(17)10-7-18-8-13-10/h9-10,13H,1-8H2,(H,15,16). The number of carbonyl (C=O) groups is 2. The highest BCUT2D eigenvalue weighted by molar-refractivity contribution is 7.99. The number of rotatable bonds is 4. The summed E-state index contributed by atoms with van der Waals surface area (Å²) in [5, 5.41) is 11.9. The van der Waals surface area contributed by atoms with Crippen molar-refractivity contribution in [3.63, 3.8) is 0 Å². The molecule has 2 fully saturated rings. The summed E-state index contributed by atoms with van der Waals surface area (Å²) in [6.45, 7) is 1.57. The lowest BCUT2D eigenvalue weighted by atomic mass is 9.92. The van der Waals surface area contributed by atoms with E-state index in [0.29, 0.717) is 5.92 Å². The molecule has 5 nitrogen and oxygen atoms in total. The van der Waals surface area contributed by atoms with Gasteiger partial charge in [0.1, 0.15) is 0 Å². The van der Waals surface area contributed by atoms with E-state index in [-0.39, 0.29) is 18.4 Å².